The van der Waals surface area contributed by atoms with Gasteiger partial charge in [0.05, 0.1) is 11.4 Å². The van der Waals surface area contributed by atoms with Crippen molar-refractivity contribution in [3.05, 3.63) is 28.7 Å². The maximum Gasteiger partial charge on any atom is 0.417 e. The molecular formula is C12H14BrNO6S. The summed E-state index contributed by atoms with van der Waals surface area (Å²) in [5, 5.41) is 8.46. The molecule has 0 aliphatic carbocycles. The number of ether oxygens (including phenoxy) is 1. The Balaban J connectivity index is 2.74. The normalized spacial score (nSPS) is 12.0. The largest absolute Gasteiger partial charge is 0.473 e. The quantitative estimate of drug-likeness (QED) is 0.586. The van der Waals surface area contributed by atoms with Crippen LogP contribution < -0.4 is 4.72 Å². The fraction of sp³-hybridized carbons (Fsp3) is 0.333. The van der Waals surface area contributed by atoms with Crippen molar-refractivity contribution in [2.45, 2.75) is 24.3 Å². The Labute approximate surface area is 130 Å². The first-order valence-corrected chi connectivity index (χ1v) is 8.03. The summed E-state index contributed by atoms with van der Waals surface area (Å²) < 4.78 is 31.7. The van der Waals surface area contributed by atoms with Crippen LogP contribution in [0.5, 0.6) is 0 Å². The van der Waals surface area contributed by atoms with E-state index >= 15 is 0 Å². The molecule has 7 nitrogen and oxygen atoms in total. The highest BCUT2D eigenvalue weighted by molar-refractivity contribution is 9.10. The Bertz CT molecular complexity index is 638. The van der Waals surface area contributed by atoms with Gasteiger partial charge in [0, 0.05) is 4.47 Å². The Morgan fingerprint density at radius 3 is 2.29 bits per heavy atom. The summed E-state index contributed by atoms with van der Waals surface area (Å²) in [6.07, 6.45) is 0. The number of benzene rings is 1. The highest BCUT2D eigenvalue weighted by Gasteiger charge is 2.28. The van der Waals surface area contributed by atoms with E-state index in [4.69, 9.17) is 5.11 Å². The van der Waals surface area contributed by atoms with E-state index < -0.39 is 27.6 Å². The van der Waals surface area contributed by atoms with Gasteiger partial charge in [0.1, 0.15) is 5.60 Å². The highest BCUT2D eigenvalue weighted by atomic mass is 79.9. The molecule has 0 saturated heterocycles. The first kappa shape index (κ1) is 17.6. The van der Waals surface area contributed by atoms with Crippen LogP contribution in [0.15, 0.2) is 33.6 Å². The molecule has 0 heterocycles. The zero-order valence-electron chi connectivity index (χ0n) is 11.3. The van der Waals surface area contributed by atoms with Gasteiger partial charge in [0.15, 0.2) is 0 Å². The van der Waals surface area contributed by atoms with Gasteiger partial charge in [-0.2, -0.15) is 0 Å². The lowest BCUT2D eigenvalue weighted by molar-refractivity contribution is -0.172. The van der Waals surface area contributed by atoms with Crippen LogP contribution in [0.3, 0.4) is 0 Å². The molecule has 0 bridgehead atoms. The molecule has 0 fully saturated rings. The molecule has 0 spiro atoms. The molecule has 1 rings (SSSR count). The van der Waals surface area contributed by atoms with E-state index in [-0.39, 0.29) is 11.4 Å². The van der Waals surface area contributed by atoms with Crippen LogP contribution in [0.1, 0.15) is 13.8 Å². The molecule has 0 aromatic heterocycles. The molecule has 9 heteroatoms. The molecular weight excluding hydrogens is 366 g/mol. The smallest absolute Gasteiger partial charge is 0.417 e. The third-order valence-corrected chi connectivity index (χ3v) is 4.30. The number of sulfonamides is 1. The Morgan fingerprint density at radius 2 is 1.81 bits per heavy atom. The van der Waals surface area contributed by atoms with E-state index in [1.165, 1.54) is 26.0 Å². The minimum absolute atomic E-state index is 0.0473. The lowest BCUT2D eigenvalue weighted by Crippen LogP contribution is -2.43. The first-order valence-electron chi connectivity index (χ1n) is 5.75. The molecule has 0 aliphatic heterocycles. The summed E-state index contributed by atoms with van der Waals surface area (Å²) >= 11 is 3.20. The number of carbonyl (C=O) groups excluding carboxylic acids is 1. The van der Waals surface area contributed by atoms with Crippen molar-refractivity contribution < 1.29 is 27.9 Å². The van der Waals surface area contributed by atoms with E-state index in [1.807, 2.05) is 0 Å². The van der Waals surface area contributed by atoms with Gasteiger partial charge in [-0.25, -0.2) is 22.7 Å². The number of carbonyl (C=O) groups is 2. The lowest BCUT2D eigenvalue weighted by Gasteiger charge is -2.24. The fourth-order valence-electron chi connectivity index (χ4n) is 1.30. The third kappa shape index (κ3) is 5.44. The molecule has 0 radical (unpaired) electrons. The Morgan fingerprint density at radius 1 is 1.29 bits per heavy atom. The first-order chi connectivity index (χ1) is 9.53. The van der Waals surface area contributed by atoms with Crippen LogP contribution in [0.25, 0.3) is 0 Å². The van der Waals surface area contributed by atoms with Gasteiger partial charge < -0.3 is 9.84 Å². The minimum atomic E-state index is -3.78. The molecule has 0 aliphatic rings. The van der Waals surface area contributed by atoms with Crippen molar-refractivity contribution in [3.8, 4) is 0 Å². The number of carboxylic acid groups (broad SMARTS) is 1. The third-order valence-electron chi connectivity index (χ3n) is 2.36. The zero-order valence-corrected chi connectivity index (χ0v) is 13.7. The molecule has 0 amide bonds. The molecule has 1 aromatic carbocycles. The summed E-state index contributed by atoms with van der Waals surface area (Å²) in [7, 11) is -3.78. The van der Waals surface area contributed by atoms with Gasteiger partial charge in [0.2, 0.25) is 10.0 Å². The van der Waals surface area contributed by atoms with Crippen LogP contribution in [-0.4, -0.2) is 37.6 Å². The maximum absolute atomic E-state index is 12.0. The zero-order chi connectivity index (χ0) is 16.3. The predicted molar refractivity (Wildman–Crippen MR) is 77.1 cm³/mol. The number of nitrogens with one attached hydrogen (secondary N) is 1. The van der Waals surface area contributed by atoms with Crippen molar-refractivity contribution in [2.75, 3.05) is 6.54 Å². The van der Waals surface area contributed by atoms with Crippen molar-refractivity contribution in [3.63, 3.8) is 0 Å². The molecule has 21 heavy (non-hydrogen) atoms. The van der Waals surface area contributed by atoms with Gasteiger partial charge in [-0.3, -0.25) is 0 Å². The standard InChI is InChI=1S/C12H14BrNO6S/c1-12(2,20-11(17)10(15)16)7-14-21(18,19)9-5-3-8(13)4-6-9/h3-6,14H,7H2,1-2H3,(H,15,16). The number of hydrogen-bond donors (Lipinski definition) is 2. The SMILES string of the molecule is CC(C)(CNS(=O)(=O)c1ccc(Br)cc1)OC(=O)C(=O)O. The Kier molecular flexibility index (Phi) is 5.48. The van der Waals surface area contributed by atoms with Crippen LogP contribution in [0, 0.1) is 0 Å². The summed E-state index contributed by atoms with van der Waals surface area (Å²) in [5.41, 5.74) is -1.29. The van der Waals surface area contributed by atoms with Crippen molar-refractivity contribution in [1.29, 1.82) is 0 Å². The number of hydrogen-bond acceptors (Lipinski definition) is 5. The maximum atomic E-state index is 12.0. The predicted octanol–water partition coefficient (Wildman–Crippen LogP) is 1.13. The molecule has 1 aromatic rings. The summed E-state index contributed by atoms with van der Waals surface area (Å²) in [6, 6.07) is 5.96. The van der Waals surface area contributed by atoms with Crippen LogP contribution in [-0.2, 0) is 24.3 Å². The number of halogens is 1. The van der Waals surface area contributed by atoms with E-state index in [0.717, 1.165) is 4.47 Å². The second-order valence-corrected chi connectivity index (χ2v) is 7.42. The van der Waals surface area contributed by atoms with Gasteiger partial charge in [0.25, 0.3) is 0 Å². The topological polar surface area (TPSA) is 110 Å². The average molecular weight is 380 g/mol. The second-order valence-electron chi connectivity index (χ2n) is 4.73. The highest BCUT2D eigenvalue weighted by Crippen LogP contribution is 2.15. The van der Waals surface area contributed by atoms with Crippen LogP contribution in [0.2, 0.25) is 0 Å². The monoisotopic (exact) mass is 379 g/mol. The van der Waals surface area contributed by atoms with Crippen molar-refractivity contribution in [1.82, 2.24) is 4.72 Å². The summed E-state index contributed by atoms with van der Waals surface area (Å²) in [6.45, 7) is 2.54. The van der Waals surface area contributed by atoms with Crippen molar-refractivity contribution >= 4 is 37.9 Å². The number of esters is 1. The van der Waals surface area contributed by atoms with Gasteiger partial charge in [-0.15, -0.1) is 0 Å². The lowest BCUT2D eigenvalue weighted by atomic mass is 10.1. The van der Waals surface area contributed by atoms with Gasteiger partial charge in [-0.1, -0.05) is 15.9 Å². The van der Waals surface area contributed by atoms with E-state index in [2.05, 4.69) is 25.4 Å². The second kappa shape index (κ2) is 6.54. The number of aliphatic carboxylic acids is 1. The molecule has 0 saturated carbocycles. The summed E-state index contributed by atoms with van der Waals surface area (Å²) in [4.78, 5) is 21.4. The van der Waals surface area contributed by atoms with E-state index in [0.29, 0.717) is 0 Å². The van der Waals surface area contributed by atoms with E-state index in [1.54, 1.807) is 12.1 Å². The van der Waals surface area contributed by atoms with Gasteiger partial charge in [-0.05, 0) is 38.1 Å². The van der Waals surface area contributed by atoms with Gasteiger partial charge >= 0.3 is 11.9 Å². The number of rotatable bonds is 5. The fourth-order valence-corrected chi connectivity index (χ4v) is 2.76. The Hall–Kier alpha value is -1.45. The number of carboxylic acids is 1. The van der Waals surface area contributed by atoms with Crippen LogP contribution >= 0.6 is 15.9 Å². The average Bonchev–Trinajstić information content (AvgIpc) is 2.36. The molecule has 116 valence electrons. The summed E-state index contributed by atoms with van der Waals surface area (Å²) in [5.74, 6) is -3.18. The van der Waals surface area contributed by atoms with Crippen LogP contribution in [0.4, 0.5) is 0 Å². The minimum Gasteiger partial charge on any atom is -0.473 e. The van der Waals surface area contributed by atoms with Crippen molar-refractivity contribution in [2.24, 2.45) is 0 Å². The molecule has 0 unspecified atom stereocenters. The van der Waals surface area contributed by atoms with E-state index in [9.17, 15) is 18.0 Å². The molecule has 0 atom stereocenters. The molecule has 2 N–H and O–H groups in total.